The second-order valence-electron chi connectivity index (χ2n) is 5.56. The van der Waals surface area contributed by atoms with E-state index in [1.807, 2.05) is 0 Å². The molecule has 1 fully saturated rings. The van der Waals surface area contributed by atoms with E-state index < -0.39 is 5.82 Å². The van der Waals surface area contributed by atoms with Gasteiger partial charge in [-0.3, -0.25) is 9.59 Å². The fraction of sp³-hybridized carbons (Fsp3) is 0.500. The number of carbonyl (C=O) groups is 2. The van der Waals surface area contributed by atoms with E-state index in [0.717, 1.165) is 25.7 Å². The zero-order valence-corrected chi connectivity index (χ0v) is 12.5. The number of carbonyl (C=O) groups excluding carboxylic acids is 2. The quantitative estimate of drug-likeness (QED) is 0.929. The van der Waals surface area contributed by atoms with Gasteiger partial charge in [-0.25, -0.2) is 4.39 Å². The average molecular weight is 292 g/mol. The van der Waals surface area contributed by atoms with Gasteiger partial charge >= 0.3 is 0 Å². The number of amides is 2. The average Bonchev–Trinajstić information content (AvgIpc) is 2.47. The maximum atomic E-state index is 13.4. The summed E-state index contributed by atoms with van der Waals surface area (Å²) in [5.41, 5.74) is 0.858. The fourth-order valence-electron chi connectivity index (χ4n) is 2.67. The molecule has 0 saturated heterocycles. The van der Waals surface area contributed by atoms with Crippen molar-refractivity contribution < 1.29 is 14.0 Å². The third-order valence-electron chi connectivity index (χ3n) is 4.03. The molecule has 5 heteroatoms. The first-order valence-electron chi connectivity index (χ1n) is 7.33. The SMILES string of the molecule is CC(=O)N(C)c1ccc(F)cc1NC(=O)C1CCCCC1. The lowest BCUT2D eigenvalue weighted by atomic mass is 9.88. The zero-order chi connectivity index (χ0) is 15.4. The van der Waals surface area contributed by atoms with E-state index in [-0.39, 0.29) is 17.7 Å². The predicted octanol–water partition coefficient (Wildman–Crippen LogP) is 3.33. The summed E-state index contributed by atoms with van der Waals surface area (Å²) in [6.45, 7) is 1.43. The molecule has 0 radical (unpaired) electrons. The third kappa shape index (κ3) is 3.80. The minimum absolute atomic E-state index is 0.0162. The third-order valence-corrected chi connectivity index (χ3v) is 4.03. The van der Waals surface area contributed by atoms with Crippen molar-refractivity contribution in [2.75, 3.05) is 17.3 Å². The number of halogens is 1. The van der Waals surface area contributed by atoms with Gasteiger partial charge in [-0.05, 0) is 31.0 Å². The molecule has 1 aliphatic rings. The van der Waals surface area contributed by atoms with Crippen LogP contribution in [0.15, 0.2) is 18.2 Å². The molecule has 2 amide bonds. The lowest BCUT2D eigenvalue weighted by Gasteiger charge is -2.23. The molecule has 0 bridgehead atoms. The summed E-state index contributed by atoms with van der Waals surface area (Å²) >= 11 is 0. The predicted molar refractivity (Wildman–Crippen MR) is 80.7 cm³/mol. The number of hydrogen-bond acceptors (Lipinski definition) is 2. The summed E-state index contributed by atoms with van der Waals surface area (Å²) in [5.74, 6) is -0.708. The van der Waals surface area contributed by atoms with Crippen LogP contribution in [0.5, 0.6) is 0 Å². The van der Waals surface area contributed by atoms with Gasteiger partial charge in [-0.2, -0.15) is 0 Å². The van der Waals surface area contributed by atoms with Crippen LogP contribution >= 0.6 is 0 Å². The standard InChI is InChI=1S/C16H21FN2O2/c1-11(20)19(2)15-9-8-13(17)10-14(15)18-16(21)12-6-4-3-5-7-12/h8-10,12H,3-7H2,1-2H3,(H,18,21). The van der Waals surface area contributed by atoms with Crippen LogP contribution in [0, 0.1) is 11.7 Å². The molecule has 0 atom stereocenters. The molecule has 4 nitrogen and oxygen atoms in total. The monoisotopic (exact) mass is 292 g/mol. The first-order chi connectivity index (χ1) is 9.99. The first-order valence-corrected chi connectivity index (χ1v) is 7.33. The Bertz CT molecular complexity index is 539. The van der Waals surface area contributed by atoms with Crippen LogP contribution in [0.25, 0.3) is 0 Å². The number of hydrogen-bond donors (Lipinski definition) is 1. The Morgan fingerprint density at radius 3 is 2.52 bits per heavy atom. The molecule has 0 aliphatic heterocycles. The second kappa shape index (κ2) is 6.70. The van der Waals surface area contributed by atoms with Crippen molar-refractivity contribution >= 4 is 23.2 Å². The van der Waals surface area contributed by atoms with E-state index >= 15 is 0 Å². The molecule has 0 spiro atoms. The molecule has 2 rings (SSSR count). The molecule has 0 aromatic heterocycles. The Hall–Kier alpha value is -1.91. The van der Waals surface area contributed by atoms with Crippen LogP contribution < -0.4 is 10.2 Å². The van der Waals surface area contributed by atoms with Crippen molar-refractivity contribution in [1.82, 2.24) is 0 Å². The largest absolute Gasteiger partial charge is 0.324 e. The summed E-state index contributed by atoms with van der Waals surface area (Å²) in [6.07, 6.45) is 5.03. The Labute approximate surface area is 124 Å². The number of rotatable bonds is 3. The van der Waals surface area contributed by atoms with Gasteiger partial charge < -0.3 is 10.2 Å². The van der Waals surface area contributed by atoms with Gasteiger partial charge in [-0.1, -0.05) is 19.3 Å². The molecule has 1 aliphatic carbocycles. The van der Waals surface area contributed by atoms with Gasteiger partial charge in [0.25, 0.3) is 0 Å². The topological polar surface area (TPSA) is 49.4 Å². The summed E-state index contributed by atoms with van der Waals surface area (Å²) in [6, 6.07) is 4.05. The van der Waals surface area contributed by atoms with Crippen molar-refractivity contribution in [3.8, 4) is 0 Å². The molecule has 1 aromatic rings. The van der Waals surface area contributed by atoms with Crippen LogP contribution in [-0.2, 0) is 9.59 Å². The highest BCUT2D eigenvalue weighted by Crippen LogP contribution is 2.29. The molecule has 1 N–H and O–H groups in total. The zero-order valence-electron chi connectivity index (χ0n) is 12.5. The Kier molecular flexibility index (Phi) is 4.94. The molecular weight excluding hydrogens is 271 g/mol. The van der Waals surface area contributed by atoms with Crippen molar-refractivity contribution in [3.63, 3.8) is 0 Å². The van der Waals surface area contributed by atoms with Crippen LogP contribution in [0.2, 0.25) is 0 Å². The van der Waals surface area contributed by atoms with Gasteiger partial charge in [0.15, 0.2) is 0 Å². The number of anilines is 2. The van der Waals surface area contributed by atoms with Gasteiger partial charge in [0.05, 0.1) is 11.4 Å². The molecule has 0 unspecified atom stereocenters. The lowest BCUT2D eigenvalue weighted by molar-refractivity contribution is -0.120. The summed E-state index contributed by atoms with van der Waals surface area (Å²) in [7, 11) is 1.60. The number of nitrogens with zero attached hydrogens (tertiary/aromatic N) is 1. The normalized spacial score (nSPS) is 15.6. The maximum Gasteiger partial charge on any atom is 0.227 e. The lowest BCUT2D eigenvalue weighted by Crippen LogP contribution is -2.28. The highest BCUT2D eigenvalue weighted by molar-refractivity contribution is 6.00. The van der Waals surface area contributed by atoms with Crippen LogP contribution in [0.3, 0.4) is 0 Å². The highest BCUT2D eigenvalue weighted by Gasteiger charge is 2.22. The van der Waals surface area contributed by atoms with Crippen LogP contribution in [-0.4, -0.2) is 18.9 Å². The smallest absolute Gasteiger partial charge is 0.227 e. The molecule has 0 heterocycles. The van der Waals surface area contributed by atoms with Crippen LogP contribution in [0.1, 0.15) is 39.0 Å². The number of nitrogens with one attached hydrogen (secondary N) is 1. The highest BCUT2D eigenvalue weighted by atomic mass is 19.1. The summed E-state index contributed by atoms with van der Waals surface area (Å²) < 4.78 is 13.4. The van der Waals surface area contributed by atoms with Crippen molar-refractivity contribution in [2.24, 2.45) is 5.92 Å². The van der Waals surface area contributed by atoms with Gasteiger partial charge in [-0.15, -0.1) is 0 Å². The minimum Gasteiger partial charge on any atom is -0.324 e. The molecule has 114 valence electrons. The first kappa shape index (κ1) is 15.5. The Balaban J connectivity index is 2.19. The van der Waals surface area contributed by atoms with Crippen molar-refractivity contribution in [1.29, 1.82) is 0 Å². The Morgan fingerprint density at radius 1 is 1.24 bits per heavy atom. The van der Waals surface area contributed by atoms with E-state index in [9.17, 15) is 14.0 Å². The van der Waals surface area contributed by atoms with E-state index in [1.165, 1.54) is 36.4 Å². The fourth-order valence-corrected chi connectivity index (χ4v) is 2.67. The molecule has 1 saturated carbocycles. The van der Waals surface area contributed by atoms with Gasteiger partial charge in [0.1, 0.15) is 5.82 Å². The van der Waals surface area contributed by atoms with Crippen molar-refractivity contribution in [3.05, 3.63) is 24.0 Å². The Morgan fingerprint density at radius 2 is 1.90 bits per heavy atom. The van der Waals surface area contributed by atoms with Crippen LogP contribution in [0.4, 0.5) is 15.8 Å². The maximum absolute atomic E-state index is 13.4. The summed E-state index contributed by atoms with van der Waals surface area (Å²) in [5, 5.41) is 2.78. The van der Waals surface area contributed by atoms with Crippen molar-refractivity contribution in [2.45, 2.75) is 39.0 Å². The summed E-state index contributed by atoms with van der Waals surface area (Å²) in [4.78, 5) is 25.2. The minimum atomic E-state index is -0.436. The van der Waals surface area contributed by atoms with Gasteiger partial charge in [0.2, 0.25) is 11.8 Å². The molecule has 1 aromatic carbocycles. The second-order valence-corrected chi connectivity index (χ2v) is 5.56. The van der Waals surface area contributed by atoms with E-state index in [1.54, 1.807) is 7.05 Å². The van der Waals surface area contributed by atoms with E-state index in [2.05, 4.69) is 5.32 Å². The van der Waals surface area contributed by atoms with Gasteiger partial charge in [0, 0.05) is 19.9 Å². The number of benzene rings is 1. The van der Waals surface area contributed by atoms with E-state index in [0.29, 0.717) is 11.4 Å². The van der Waals surface area contributed by atoms with E-state index in [4.69, 9.17) is 0 Å². The molecule has 21 heavy (non-hydrogen) atoms. The molecular formula is C16H21FN2O2.